The topological polar surface area (TPSA) is 43.9 Å². The van der Waals surface area contributed by atoms with Crippen molar-refractivity contribution in [3.63, 3.8) is 0 Å². The van der Waals surface area contributed by atoms with Crippen LogP contribution in [-0.4, -0.2) is 14.5 Å². The number of aromatic nitrogens is 3. The van der Waals surface area contributed by atoms with E-state index in [9.17, 15) is 0 Å². The zero-order chi connectivity index (χ0) is 39.6. The molecule has 0 aliphatic carbocycles. The highest BCUT2D eigenvalue weighted by Gasteiger charge is 2.19. The lowest BCUT2D eigenvalue weighted by atomic mass is 9.93. The summed E-state index contributed by atoms with van der Waals surface area (Å²) in [5.41, 5.74) is 14.7. The van der Waals surface area contributed by atoms with E-state index in [1.54, 1.807) is 0 Å². The Bertz CT molecular complexity index is 3460. The van der Waals surface area contributed by atoms with Crippen molar-refractivity contribution in [3.8, 4) is 61.8 Å². The molecule has 0 fully saturated rings. The molecule has 0 aliphatic heterocycles. The number of hydrogen-bond donors (Lipinski definition) is 0. The highest BCUT2D eigenvalue weighted by molar-refractivity contribution is 6.22. The molecule has 3 aromatic heterocycles. The highest BCUT2D eigenvalue weighted by Crippen LogP contribution is 2.44. The molecule has 4 nitrogen and oxygen atoms in total. The highest BCUT2D eigenvalue weighted by atomic mass is 16.3. The molecular weight excluding hydrogens is 731 g/mol. The fraction of sp³-hybridized carbons (Fsp3) is 0. The van der Waals surface area contributed by atoms with Gasteiger partial charge in [-0.2, -0.15) is 0 Å². The SMILES string of the molecule is c1ccc(-c2cc(-c3ccc(-c4cc5c(oc6cccc(-c7ccc(-n8c9ccccc9c9ccccc98)cc7)c65)c5ccccc45)cc3)nc(-c3ccccc3)n2)cc1. The third-order valence-corrected chi connectivity index (χ3v) is 11.8. The summed E-state index contributed by atoms with van der Waals surface area (Å²) in [4.78, 5) is 10.1. The van der Waals surface area contributed by atoms with Gasteiger partial charge >= 0.3 is 0 Å². The predicted octanol–water partition coefficient (Wildman–Crippen LogP) is 15.0. The number of nitrogens with zero attached hydrogens (tertiary/aromatic N) is 3. The van der Waals surface area contributed by atoms with Crippen molar-refractivity contribution in [3.05, 3.63) is 212 Å². The Kier molecular flexibility index (Phi) is 7.82. The van der Waals surface area contributed by atoms with Gasteiger partial charge in [-0.3, -0.25) is 0 Å². The van der Waals surface area contributed by atoms with Gasteiger partial charge in [0.15, 0.2) is 5.82 Å². The van der Waals surface area contributed by atoms with Crippen molar-refractivity contribution < 1.29 is 4.42 Å². The maximum Gasteiger partial charge on any atom is 0.160 e. The quantitative estimate of drug-likeness (QED) is 0.169. The smallest absolute Gasteiger partial charge is 0.160 e. The molecule has 0 saturated carbocycles. The molecule has 4 heteroatoms. The first-order chi connectivity index (χ1) is 29.7. The number of hydrogen-bond acceptors (Lipinski definition) is 3. The molecule has 0 bridgehead atoms. The molecule has 0 aliphatic rings. The van der Waals surface area contributed by atoms with Crippen LogP contribution in [0.25, 0.3) is 116 Å². The fourth-order valence-corrected chi connectivity index (χ4v) is 9.01. The molecular formula is C56H35N3O. The Morgan fingerprint density at radius 2 is 0.867 bits per heavy atom. The first-order valence-corrected chi connectivity index (χ1v) is 20.3. The average Bonchev–Trinajstić information content (AvgIpc) is 3.88. The molecule has 0 spiro atoms. The molecule has 0 unspecified atom stereocenters. The molecule has 0 radical (unpaired) electrons. The summed E-state index contributed by atoms with van der Waals surface area (Å²) in [6.45, 7) is 0. The minimum atomic E-state index is 0.705. The van der Waals surface area contributed by atoms with Gasteiger partial charge in [0.1, 0.15) is 11.2 Å². The summed E-state index contributed by atoms with van der Waals surface area (Å²) in [7, 11) is 0. The monoisotopic (exact) mass is 765 g/mol. The van der Waals surface area contributed by atoms with Crippen molar-refractivity contribution >= 4 is 54.5 Å². The fourth-order valence-electron chi connectivity index (χ4n) is 9.01. The number of furan rings is 1. The second-order valence-electron chi connectivity index (χ2n) is 15.3. The normalized spacial score (nSPS) is 11.7. The van der Waals surface area contributed by atoms with Gasteiger partial charge in [0.05, 0.1) is 22.4 Å². The number of rotatable bonds is 6. The summed E-state index contributed by atoms with van der Waals surface area (Å²) < 4.78 is 9.11. The van der Waals surface area contributed by atoms with Crippen molar-refractivity contribution in [2.75, 3.05) is 0 Å². The van der Waals surface area contributed by atoms with Gasteiger partial charge < -0.3 is 8.98 Å². The molecule has 0 amide bonds. The molecule has 0 atom stereocenters. The summed E-state index contributed by atoms with van der Waals surface area (Å²) in [5, 5.41) is 6.97. The van der Waals surface area contributed by atoms with Crippen molar-refractivity contribution in [2.24, 2.45) is 0 Å². The molecule has 0 saturated heterocycles. The molecule has 9 aromatic carbocycles. The first-order valence-electron chi connectivity index (χ1n) is 20.3. The Hall–Kier alpha value is -8.08. The van der Waals surface area contributed by atoms with Crippen LogP contribution in [0.5, 0.6) is 0 Å². The van der Waals surface area contributed by atoms with Crippen LogP contribution in [0, 0.1) is 0 Å². The Morgan fingerprint density at radius 3 is 1.53 bits per heavy atom. The Balaban J connectivity index is 0.974. The molecule has 60 heavy (non-hydrogen) atoms. The predicted molar refractivity (Wildman–Crippen MR) is 248 cm³/mol. The van der Waals surface area contributed by atoms with Crippen LogP contribution in [0.3, 0.4) is 0 Å². The minimum Gasteiger partial charge on any atom is -0.455 e. The van der Waals surface area contributed by atoms with E-state index in [4.69, 9.17) is 14.4 Å². The number of fused-ring (bicyclic) bond motifs is 8. The van der Waals surface area contributed by atoms with Gasteiger partial charge in [0, 0.05) is 49.3 Å². The summed E-state index contributed by atoms with van der Waals surface area (Å²) >= 11 is 0. The van der Waals surface area contributed by atoms with E-state index in [1.165, 1.54) is 21.8 Å². The van der Waals surface area contributed by atoms with Crippen molar-refractivity contribution in [1.29, 1.82) is 0 Å². The second kappa shape index (κ2) is 13.8. The van der Waals surface area contributed by atoms with E-state index in [0.29, 0.717) is 5.82 Å². The zero-order valence-corrected chi connectivity index (χ0v) is 32.5. The van der Waals surface area contributed by atoms with Gasteiger partial charge in [-0.15, -0.1) is 0 Å². The van der Waals surface area contributed by atoms with Crippen molar-refractivity contribution in [1.82, 2.24) is 14.5 Å². The van der Waals surface area contributed by atoms with Gasteiger partial charge in [0.2, 0.25) is 0 Å². The number of benzene rings is 9. The summed E-state index contributed by atoms with van der Waals surface area (Å²) in [6, 6.07) is 74.9. The Morgan fingerprint density at radius 1 is 0.350 bits per heavy atom. The largest absolute Gasteiger partial charge is 0.455 e. The molecule has 3 heterocycles. The van der Waals surface area contributed by atoms with E-state index in [1.807, 2.05) is 36.4 Å². The Labute approximate surface area is 346 Å². The third kappa shape index (κ3) is 5.53. The van der Waals surface area contributed by atoms with Crippen LogP contribution in [-0.2, 0) is 0 Å². The maximum absolute atomic E-state index is 6.75. The van der Waals surface area contributed by atoms with Crippen LogP contribution in [0.4, 0.5) is 0 Å². The standard InChI is InChI=1S/C56H35N3O/c1-3-14-38(15-4-1)49-35-50(58-56(57-49)40-16-5-2-6-17-40)39-28-26-37(27-29-39)47-34-48-54-42(22-13-25-53(54)60-55(48)46-21-8-7-18-43(46)47)36-30-32-41(33-31-36)59-51-23-11-9-19-44(51)45-20-10-12-24-52(45)59/h1-35H. The van der Waals surface area contributed by atoms with Crippen LogP contribution in [0.2, 0.25) is 0 Å². The van der Waals surface area contributed by atoms with E-state index in [-0.39, 0.29) is 0 Å². The molecule has 12 rings (SSSR count). The zero-order valence-electron chi connectivity index (χ0n) is 32.5. The van der Waals surface area contributed by atoms with Crippen LogP contribution in [0.1, 0.15) is 0 Å². The third-order valence-electron chi connectivity index (χ3n) is 11.8. The van der Waals surface area contributed by atoms with Gasteiger partial charge in [-0.1, -0.05) is 170 Å². The lowest BCUT2D eigenvalue weighted by Gasteiger charge is -2.12. The average molecular weight is 766 g/mol. The van der Waals surface area contributed by atoms with Gasteiger partial charge in [0.25, 0.3) is 0 Å². The lowest BCUT2D eigenvalue weighted by molar-refractivity contribution is 0.673. The van der Waals surface area contributed by atoms with Gasteiger partial charge in [-0.05, 0) is 70.1 Å². The van der Waals surface area contributed by atoms with E-state index >= 15 is 0 Å². The van der Waals surface area contributed by atoms with E-state index < -0.39 is 0 Å². The van der Waals surface area contributed by atoms with Crippen LogP contribution in [0.15, 0.2) is 217 Å². The van der Waals surface area contributed by atoms with Crippen LogP contribution < -0.4 is 0 Å². The molecule has 280 valence electrons. The molecule has 12 aromatic rings. The lowest BCUT2D eigenvalue weighted by Crippen LogP contribution is -1.95. The maximum atomic E-state index is 6.75. The number of para-hydroxylation sites is 2. The summed E-state index contributed by atoms with van der Waals surface area (Å²) in [5.74, 6) is 0.705. The van der Waals surface area contributed by atoms with Crippen molar-refractivity contribution in [2.45, 2.75) is 0 Å². The molecule has 0 N–H and O–H groups in total. The van der Waals surface area contributed by atoms with E-state index in [0.717, 1.165) is 88.7 Å². The minimum absolute atomic E-state index is 0.705. The first kappa shape index (κ1) is 34.0. The van der Waals surface area contributed by atoms with Crippen LogP contribution >= 0.6 is 0 Å². The second-order valence-corrected chi connectivity index (χ2v) is 15.3. The summed E-state index contributed by atoms with van der Waals surface area (Å²) in [6.07, 6.45) is 0. The van der Waals surface area contributed by atoms with Gasteiger partial charge in [-0.25, -0.2) is 9.97 Å². The van der Waals surface area contributed by atoms with E-state index in [2.05, 4.69) is 180 Å².